The molecule has 0 saturated carbocycles. The smallest absolute Gasteiger partial charge is 0.227 e. The van der Waals surface area contributed by atoms with Crippen LogP contribution in [0.4, 0.5) is 0 Å². The number of hydrogen-bond acceptors (Lipinski definition) is 3. The molecular formula is C13H17ClN2OS. The second-order valence-electron chi connectivity index (χ2n) is 4.40. The van der Waals surface area contributed by atoms with Crippen LogP contribution >= 0.6 is 22.9 Å². The van der Waals surface area contributed by atoms with Crippen molar-refractivity contribution in [2.75, 3.05) is 19.6 Å². The van der Waals surface area contributed by atoms with E-state index in [-0.39, 0.29) is 11.8 Å². The van der Waals surface area contributed by atoms with E-state index in [0.717, 1.165) is 28.7 Å². The maximum absolute atomic E-state index is 12.4. The maximum Gasteiger partial charge on any atom is 0.227 e. The van der Waals surface area contributed by atoms with Gasteiger partial charge in [0.05, 0.1) is 16.8 Å². The standard InChI is InChI=1S/C13H17ClN2OS/c1-2-7-16(9-11-3-4-12(14)18-11)13(17)10-5-6-15-8-10/h2-4,10,15H,1,5-9H2. The van der Waals surface area contributed by atoms with Crippen LogP contribution in [0.2, 0.25) is 4.34 Å². The molecule has 5 heteroatoms. The fraction of sp³-hybridized carbons (Fsp3) is 0.462. The van der Waals surface area contributed by atoms with Crippen LogP contribution in [0.15, 0.2) is 24.8 Å². The Morgan fingerprint density at radius 1 is 1.67 bits per heavy atom. The van der Waals surface area contributed by atoms with Gasteiger partial charge in [0.1, 0.15) is 0 Å². The molecule has 98 valence electrons. The van der Waals surface area contributed by atoms with Crippen molar-refractivity contribution in [2.24, 2.45) is 5.92 Å². The summed E-state index contributed by atoms with van der Waals surface area (Å²) in [6.45, 7) is 6.66. The molecule has 1 aliphatic heterocycles. The van der Waals surface area contributed by atoms with E-state index in [4.69, 9.17) is 11.6 Å². The number of thiophene rings is 1. The molecule has 1 aromatic heterocycles. The van der Waals surface area contributed by atoms with E-state index < -0.39 is 0 Å². The zero-order valence-electron chi connectivity index (χ0n) is 10.2. The highest BCUT2D eigenvalue weighted by Gasteiger charge is 2.26. The molecule has 0 aromatic carbocycles. The molecular weight excluding hydrogens is 268 g/mol. The Bertz CT molecular complexity index is 426. The third kappa shape index (κ3) is 3.34. The molecule has 0 radical (unpaired) electrons. The van der Waals surface area contributed by atoms with Crippen molar-refractivity contribution < 1.29 is 4.79 Å². The number of amides is 1. The van der Waals surface area contributed by atoms with Crippen molar-refractivity contribution in [3.8, 4) is 0 Å². The molecule has 1 saturated heterocycles. The van der Waals surface area contributed by atoms with Gasteiger partial charge in [-0.2, -0.15) is 0 Å². The summed E-state index contributed by atoms with van der Waals surface area (Å²) in [6, 6.07) is 3.85. The summed E-state index contributed by atoms with van der Waals surface area (Å²) in [7, 11) is 0. The Morgan fingerprint density at radius 2 is 2.50 bits per heavy atom. The highest BCUT2D eigenvalue weighted by atomic mass is 35.5. The Kier molecular flexibility index (Phi) is 4.80. The van der Waals surface area contributed by atoms with Gasteiger partial charge in [0, 0.05) is 18.0 Å². The van der Waals surface area contributed by atoms with Crippen molar-refractivity contribution in [1.29, 1.82) is 0 Å². The molecule has 1 amide bonds. The molecule has 1 fully saturated rings. The molecule has 1 N–H and O–H groups in total. The molecule has 2 rings (SSSR count). The van der Waals surface area contributed by atoms with Crippen molar-refractivity contribution in [1.82, 2.24) is 10.2 Å². The quantitative estimate of drug-likeness (QED) is 0.843. The minimum Gasteiger partial charge on any atom is -0.334 e. The Morgan fingerprint density at radius 3 is 3.06 bits per heavy atom. The highest BCUT2D eigenvalue weighted by Crippen LogP contribution is 2.23. The van der Waals surface area contributed by atoms with Crippen LogP contribution in [-0.2, 0) is 11.3 Å². The SMILES string of the molecule is C=CCN(Cc1ccc(Cl)s1)C(=O)C1CCNC1. The predicted molar refractivity (Wildman–Crippen MR) is 75.9 cm³/mol. The van der Waals surface area contributed by atoms with Crippen LogP contribution in [0.3, 0.4) is 0 Å². The van der Waals surface area contributed by atoms with Crippen LogP contribution in [-0.4, -0.2) is 30.4 Å². The van der Waals surface area contributed by atoms with Crippen LogP contribution in [0.5, 0.6) is 0 Å². The van der Waals surface area contributed by atoms with Crippen molar-refractivity contribution >= 4 is 28.8 Å². The lowest BCUT2D eigenvalue weighted by Gasteiger charge is -2.23. The molecule has 18 heavy (non-hydrogen) atoms. The third-order valence-corrected chi connectivity index (χ3v) is 4.26. The first-order valence-electron chi connectivity index (χ1n) is 6.05. The summed E-state index contributed by atoms with van der Waals surface area (Å²) in [6.07, 6.45) is 2.70. The maximum atomic E-state index is 12.4. The van der Waals surface area contributed by atoms with Crippen molar-refractivity contribution in [3.63, 3.8) is 0 Å². The highest BCUT2D eigenvalue weighted by molar-refractivity contribution is 7.16. The van der Waals surface area contributed by atoms with Gasteiger partial charge in [-0.3, -0.25) is 4.79 Å². The van der Waals surface area contributed by atoms with Crippen LogP contribution in [0, 0.1) is 5.92 Å². The van der Waals surface area contributed by atoms with Gasteiger partial charge in [-0.25, -0.2) is 0 Å². The lowest BCUT2D eigenvalue weighted by atomic mass is 10.1. The number of hydrogen-bond donors (Lipinski definition) is 1. The van der Waals surface area contributed by atoms with Crippen LogP contribution in [0.25, 0.3) is 0 Å². The van der Waals surface area contributed by atoms with E-state index in [2.05, 4.69) is 11.9 Å². The summed E-state index contributed by atoms with van der Waals surface area (Å²) in [5.41, 5.74) is 0. The minimum absolute atomic E-state index is 0.111. The molecule has 1 atom stereocenters. The normalized spacial score (nSPS) is 18.8. The number of rotatable bonds is 5. The average molecular weight is 285 g/mol. The lowest BCUT2D eigenvalue weighted by Crippen LogP contribution is -2.36. The van der Waals surface area contributed by atoms with Gasteiger partial charge in [-0.1, -0.05) is 17.7 Å². The first-order chi connectivity index (χ1) is 8.70. The fourth-order valence-corrected chi connectivity index (χ4v) is 3.24. The topological polar surface area (TPSA) is 32.3 Å². The van der Waals surface area contributed by atoms with Gasteiger partial charge in [0.15, 0.2) is 0 Å². The number of carbonyl (C=O) groups excluding carboxylic acids is 1. The van der Waals surface area contributed by atoms with E-state index in [1.165, 1.54) is 11.3 Å². The first kappa shape index (κ1) is 13.6. The van der Waals surface area contributed by atoms with Crippen molar-refractivity contribution in [3.05, 3.63) is 34.0 Å². The van der Waals surface area contributed by atoms with E-state index in [1.54, 1.807) is 6.08 Å². The Balaban J connectivity index is 2.02. The average Bonchev–Trinajstić information content (AvgIpc) is 2.99. The Hall–Kier alpha value is -0.840. The van der Waals surface area contributed by atoms with E-state index >= 15 is 0 Å². The fourth-order valence-electron chi connectivity index (χ4n) is 2.14. The number of halogens is 1. The summed E-state index contributed by atoms with van der Waals surface area (Å²) < 4.78 is 0.763. The molecule has 1 unspecified atom stereocenters. The Labute approximate surface area is 116 Å². The zero-order valence-corrected chi connectivity index (χ0v) is 11.8. The summed E-state index contributed by atoms with van der Waals surface area (Å²) in [5, 5.41) is 3.23. The molecule has 1 aliphatic rings. The molecule has 3 nitrogen and oxygen atoms in total. The van der Waals surface area contributed by atoms with E-state index in [9.17, 15) is 4.79 Å². The molecule has 0 spiro atoms. The van der Waals surface area contributed by atoms with Gasteiger partial charge in [-0.05, 0) is 25.1 Å². The number of nitrogens with zero attached hydrogens (tertiary/aromatic N) is 1. The second-order valence-corrected chi connectivity index (χ2v) is 6.20. The summed E-state index contributed by atoms with van der Waals surface area (Å²) in [4.78, 5) is 15.3. The summed E-state index contributed by atoms with van der Waals surface area (Å²) >= 11 is 7.44. The zero-order chi connectivity index (χ0) is 13.0. The van der Waals surface area contributed by atoms with E-state index in [0.29, 0.717) is 13.1 Å². The van der Waals surface area contributed by atoms with Crippen LogP contribution < -0.4 is 5.32 Å². The van der Waals surface area contributed by atoms with Gasteiger partial charge >= 0.3 is 0 Å². The first-order valence-corrected chi connectivity index (χ1v) is 7.24. The lowest BCUT2D eigenvalue weighted by molar-refractivity contribution is -0.134. The van der Waals surface area contributed by atoms with Crippen molar-refractivity contribution in [2.45, 2.75) is 13.0 Å². The monoisotopic (exact) mass is 284 g/mol. The van der Waals surface area contributed by atoms with Crippen LogP contribution in [0.1, 0.15) is 11.3 Å². The predicted octanol–water partition coefficient (Wildman–Crippen LogP) is 2.53. The molecule has 1 aromatic rings. The largest absolute Gasteiger partial charge is 0.334 e. The van der Waals surface area contributed by atoms with E-state index in [1.807, 2.05) is 17.0 Å². The third-order valence-electron chi connectivity index (χ3n) is 3.05. The van der Waals surface area contributed by atoms with Gasteiger partial charge in [0.2, 0.25) is 5.91 Å². The second kappa shape index (κ2) is 6.36. The summed E-state index contributed by atoms with van der Waals surface area (Å²) in [5.74, 6) is 0.324. The van der Waals surface area contributed by atoms with Gasteiger partial charge in [0.25, 0.3) is 0 Å². The minimum atomic E-state index is 0.111. The molecule has 2 heterocycles. The molecule has 0 bridgehead atoms. The number of nitrogens with one attached hydrogen (secondary N) is 1. The molecule has 0 aliphatic carbocycles. The number of carbonyl (C=O) groups is 1. The van der Waals surface area contributed by atoms with Gasteiger partial charge in [-0.15, -0.1) is 17.9 Å². The van der Waals surface area contributed by atoms with Gasteiger partial charge < -0.3 is 10.2 Å².